The Bertz CT molecular complexity index is 1020. The van der Waals surface area contributed by atoms with Gasteiger partial charge in [-0.15, -0.1) is 0 Å². The van der Waals surface area contributed by atoms with E-state index in [2.05, 4.69) is 31.5 Å². The molecule has 4 rings (SSSR count). The van der Waals surface area contributed by atoms with E-state index in [1.807, 2.05) is 41.3 Å². The van der Waals surface area contributed by atoms with Crippen molar-refractivity contribution in [2.75, 3.05) is 13.1 Å². The molecule has 4 nitrogen and oxygen atoms in total. The molecule has 0 N–H and O–H groups in total. The third-order valence-electron chi connectivity index (χ3n) is 5.90. The van der Waals surface area contributed by atoms with Gasteiger partial charge in [0.2, 0.25) is 0 Å². The number of rotatable bonds is 3. The SMILES string of the molecule is Cc1c(C)n(C)c2ccc(C(=O)N3CCC(Oc4ccc(Cl)cc4)CC3)cc12. The van der Waals surface area contributed by atoms with E-state index in [-0.39, 0.29) is 12.0 Å². The van der Waals surface area contributed by atoms with Gasteiger partial charge in [-0.3, -0.25) is 4.79 Å². The Balaban J connectivity index is 1.43. The van der Waals surface area contributed by atoms with Gasteiger partial charge >= 0.3 is 0 Å². The summed E-state index contributed by atoms with van der Waals surface area (Å²) in [6.07, 6.45) is 1.80. The number of hydrogen-bond acceptors (Lipinski definition) is 2. The van der Waals surface area contributed by atoms with Crippen molar-refractivity contribution in [3.05, 3.63) is 64.3 Å². The van der Waals surface area contributed by atoms with E-state index in [9.17, 15) is 4.79 Å². The fourth-order valence-corrected chi connectivity index (χ4v) is 4.08. The molecule has 0 unspecified atom stereocenters. The third-order valence-corrected chi connectivity index (χ3v) is 6.15. The molecule has 1 aliphatic rings. The number of nitrogens with zero attached hydrogens (tertiary/aromatic N) is 2. The Morgan fingerprint density at radius 1 is 1.07 bits per heavy atom. The van der Waals surface area contributed by atoms with Crippen LogP contribution in [-0.4, -0.2) is 34.6 Å². The molecular weight excluding hydrogens is 372 g/mol. The van der Waals surface area contributed by atoms with Crippen LogP contribution in [-0.2, 0) is 7.05 Å². The number of benzene rings is 2. The lowest BCUT2D eigenvalue weighted by molar-refractivity contribution is 0.0595. The largest absolute Gasteiger partial charge is 0.490 e. The normalized spacial score (nSPS) is 15.2. The third kappa shape index (κ3) is 3.49. The summed E-state index contributed by atoms with van der Waals surface area (Å²) in [4.78, 5) is 15.0. The monoisotopic (exact) mass is 396 g/mol. The van der Waals surface area contributed by atoms with Crippen molar-refractivity contribution in [3.63, 3.8) is 0 Å². The summed E-state index contributed by atoms with van der Waals surface area (Å²) < 4.78 is 8.21. The van der Waals surface area contributed by atoms with Crippen LogP contribution in [0.1, 0.15) is 34.5 Å². The first-order valence-electron chi connectivity index (χ1n) is 9.71. The average Bonchev–Trinajstić information content (AvgIpc) is 2.93. The van der Waals surface area contributed by atoms with Crippen LogP contribution < -0.4 is 4.74 Å². The van der Waals surface area contributed by atoms with E-state index in [1.54, 1.807) is 0 Å². The number of fused-ring (bicyclic) bond motifs is 1. The highest BCUT2D eigenvalue weighted by Gasteiger charge is 2.25. The number of hydrogen-bond donors (Lipinski definition) is 0. The van der Waals surface area contributed by atoms with E-state index < -0.39 is 0 Å². The van der Waals surface area contributed by atoms with E-state index in [0.29, 0.717) is 18.1 Å². The highest BCUT2D eigenvalue weighted by molar-refractivity contribution is 6.30. The van der Waals surface area contributed by atoms with Gasteiger partial charge in [0.25, 0.3) is 5.91 Å². The van der Waals surface area contributed by atoms with Gasteiger partial charge in [-0.25, -0.2) is 0 Å². The smallest absolute Gasteiger partial charge is 0.253 e. The fraction of sp³-hybridized carbons (Fsp3) is 0.348. The van der Waals surface area contributed by atoms with Crippen LogP contribution >= 0.6 is 11.6 Å². The lowest BCUT2D eigenvalue weighted by atomic mass is 10.0. The Kier molecular flexibility index (Phi) is 5.07. The lowest BCUT2D eigenvalue weighted by Gasteiger charge is -2.32. The predicted molar refractivity (Wildman–Crippen MR) is 113 cm³/mol. The minimum Gasteiger partial charge on any atom is -0.490 e. The van der Waals surface area contributed by atoms with Gasteiger partial charge < -0.3 is 14.2 Å². The number of halogens is 1. The average molecular weight is 397 g/mol. The number of aryl methyl sites for hydroxylation is 2. The molecule has 0 aliphatic carbocycles. The minimum absolute atomic E-state index is 0.104. The van der Waals surface area contributed by atoms with Gasteiger partial charge in [0.05, 0.1) is 0 Å². The van der Waals surface area contributed by atoms with E-state index in [1.165, 1.54) is 16.8 Å². The quantitative estimate of drug-likeness (QED) is 0.614. The number of ether oxygens (including phenoxy) is 1. The summed E-state index contributed by atoms with van der Waals surface area (Å²) >= 11 is 5.92. The maximum atomic E-state index is 13.0. The van der Waals surface area contributed by atoms with Gasteiger partial charge in [0.15, 0.2) is 0 Å². The second kappa shape index (κ2) is 7.51. The summed E-state index contributed by atoms with van der Waals surface area (Å²) in [6, 6.07) is 13.5. The molecule has 1 saturated heterocycles. The van der Waals surface area contributed by atoms with E-state index >= 15 is 0 Å². The zero-order chi connectivity index (χ0) is 19.8. The van der Waals surface area contributed by atoms with Crippen LogP contribution in [0.5, 0.6) is 5.75 Å². The van der Waals surface area contributed by atoms with Crippen LogP contribution in [0.3, 0.4) is 0 Å². The number of likely N-dealkylation sites (tertiary alicyclic amines) is 1. The maximum absolute atomic E-state index is 13.0. The molecule has 2 heterocycles. The van der Waals surface area contributed by atoms with Crippen LogP contribution in [0.25, 0.3) is 10.9 Å². The Morgan fingerprint density at radius 2 is 1.75 bits per heavy atom. The summed E-state index contributed by atoms with van der Waals surface area (Å²) in [5.74, 6) is 0.933. The zero-order valence-corrected chi connectivity index (χ0v) is 17.3. The maximum Gasteiger partial charge on any atom is 0.253 e. The molecule has 146 valence electrons. The van der Waals surface area contributed by atoms with Gasteiger partial charge in [-0.05, 0) is 61.9 Å². The molecule has 2 aromatic carbocycles. The van der Waals surface area contributed by atoms with Crippen molar-refractivity contribution < 1.29 is 9.53 Å². The van der Waals surface area contributed by atoms with Crippen molar-refractivity contribution in [3.8, 4) is 5.75 Å². The highest BCUT2D eigenvalue weighted by atomic mass is 35.5. The standard InChI is InChI=1S/C23H25ClN2O2/c1-15-16(2)25(3)22-9-4-17(14-21(15)22)23(27)26-12-10-20(11-13-26)28-19-7-5-18(24)6-8-19/h4-9,14,20H,10-13H2,1-3H3. The van der Waals surface area contributed by atoms with Crippen molar-refractivity contribution in [1.29, 1.82) is 0 Å². The van der Waals surface area contributed by atoms with Gasteiger partial charge in [-0.2, -0.15) is 0 Å². The number of carbonyl (C=O) groups excluding carboxylic acids is 1. The van der Waals surface area contributed by atoms with Crippen LogP contribution in [0.2, 0.25) is 5.02 Å². The highest BCUT2D eigenvalue weighted by Crippen LogP contribution is 2.27. The van der Waals surface area contributed by atoms with Crippen LogP contribution in [0.15, 0.2) is 42.5 Å². The second-order valence-electron chi connectivity index (χ2n) is 7.56. The van der Waals surface area contributed by atoms with Crippen molar-refractivity contribution in [1.82, 2.24) is 9.47 Å². The molecule has 0 radical (unpaired) electrons. The van der Waals surface area contributed by atoms with Crippen molar-refractivity contribution >= 4 is 28.4 Å². The Labute approximate surface area is 170 Å². The number of amides is 1. The summed E-state index contributed by atoms with van der Waals surface area (Å²) in [6.45, 7) is 5.65. The molecule has 1 aliphatic heterocycles. The van der Waals surface area contributed by atoms with E-state index in [0.717, 1.165) is 29.5 Å². The second-order valence-corrected chi connectivity index (χ2v) is 8.00. The van der Waals surface area contributed by atoms with Crippen LogP contribution in [0.4, 0.5) is 0 Å². The molecule has 0 saturated carbocycles. The van der Waals surface area contributed by atoms with Gasteiger partial charge in [0, 0.05) is 60.2 Å². The number of piperidine rings is 1. The topological polar surface area (TPSA) is 34.5 Å². The van der Waals surface area contributed by atoms with Crippen LogP contribution in [0, 0.1) is 13.8 Å². The predicted octanol–water partition coefficient (Wildman–Crippen LogP) is 5.13. The molecule has 1 aromatic heterocycles. The Morgan fingerprint density at radius 3 is 2.43 bits per heavy atom. The molecule has 28 heavy (non-hydrogen) atoms. The first-order valence-corrected chi connectivity index (χ1v) is 10.1. The Hall–Kier alpha value is -2.46. The molecule has 1 fully saturated rings. The summed E-state index contributed by atoms with van der Waals surface area (Å²) in [5, 5.41) is 1.86. The zero-order valence-electron chi connectivity index (χ0n) is 16.5. The summed E-state index contributed by atoms with van der Waals surface area (Å²) in [7, 11) is 2.07. The van der Waals surface area contributed by atoms with Crippen molar-refractivity contribution in [2.45, 2.75) is 32.8 Å². The molecule has 0 bridgehead atoms. The lowest BCUT2D eigenvalue weighted by Crippen LogP contribution is -2.41. The molecule has 5 heteroatoms. The first-order chi connectivity index (χ1) is 13.4. The van der Waals surface area contributed by atoms with Gasteiger partial charge in [-0.1, -0.05) is 11.6 Å². The molecule has 0 spiro atoms. The molecule has 3 aromatic rings. The number of aromatic nitrogens is 1. The molecule has 0 atom stereocenters. The van der Waals surface area contributed by atoms with E-state index in [4.69, 9.17) is 16.3 Å². The fourth-order valence-electron chi connectivity index (χ4n) is 3.95. The first kappa shape index (κ1) is 18.9. The minimum atomic E-state index is 0.104. The summed E-state index contributed by atoms with van der Waals surface area (Å²) in [5.41, 5.74) is 4.40. The number of carbonyl (C=O) groups is 1. The van der Waals surface area contributed by atoms with Crippen molar-refractivity contribution in [2.24, 2.45) is 7.05 Å². The van der Waals surface area contributed by atoms with Gasteiger partial charge in [0.1, 0.15) is 11.9 Å². The molecular formula is C23H25ClN2O2. The molecule has 1 amide bonds.